The fourth-order valence-electron chi connectivity index (χ4n) is 3.12. The van der Waals surface area contributed by atoms with E-state index in [1.54, 1.807) is 0 Å². The van der Waals surface area contributed by atoms with Gasteiger partial charge in [0.1, 0.15) is 11.6 Å². The van der Waals surface area contributed by atoms with Crippen LogP contribution in [0.2, 0.25) is 0 Å². The number of aromatic hydroxyl groups is 1. The Morgan fingerprint density at radius 3 is 2.59 bits per heavy atom. The summed E-state index contributed by atoms with van der Waals surface area (Å²) in [7, 11) is 1.99. The van der Waals surface area contributed by atoms with Crippen LogP contribution in [0.4, 0.5) is 4.39 Å². The fraction of sp³-hybridized carbons (Fsp3) is 0.588. The van der Waals surface area contributed by atoms with Crippen molar-refractivity contribution in [1.82, 2.24) is 9.80 Å². The molecule has 5 heteroatoms. The van der Waals surface area contributed by atoms with Crippen LogP contribution in [0.25, 0.3) is 0 Å². The van der Waals surface area contributed by atoms with Gasteiger partial charge in [0.05, 0.1) is 5.56 Å². The predicted octanol–water partition coefficient (Wildman–Crippen LogP) is 2.65. The molecule has 122 valence electrons. The van der Waals surface area contributed by atoms with Crippen LogP contribution in [0.15, 0.2) is 12.1 Å². The number of halogens is 1. The van der Waals surface area contributed by atoms with Crippen molar-refractivity contribution in [2.45, 2.75) is 39.3 Å². The number of piperidine rings is 1. The summed E-state index contributed by atoms with van der Waals surface area (Å²) < 4.78 is 13.7. The Morgan fingerprint density at radius 2 is 2.05 bits per heavy atom. The van der Waals surface area contributed by atoms with Crippen molar-refractivity contribution in [3.63, 3.8) is 0 Å². The van der Waals surface area contributed by atoms with E-state index >= 15 is 0 Å². The highest BCUT2D eigenvalue weighted by molar-refractivity contribution is 5.97. The van der Waals surface area contributed by atoms with Gasteiger partial charge in [-0.05, 0) is 58.6 Å². The molecule has 1 aliphatic rings. The van der Waals surface area contributed by atoms with Crippen molar-refractivity contribution in [1.29, 1.82) is 0 Å². The van der Waals surface area contributed by atoms with Gasteiger partial charge in [-0.15, -0.1) is 0 Å². The Kier molecular flexibility index (Phi) is 5.53. The van der Waals surface area contributed by atoms with Crippen LogP contribution < -0.4 is 0 Å². The van der Waals surface area contributed by atoms with Gasteiger partial charge in [-0.25, -0.2) is 4.39 Å². The maximum absolute atomic E-state index is 13.7. The van der Waals surface area contributed by atoms with Gasteiger partial charge in [0.2, 0.25) is 0 Å². The third kappa shape index (κ3) is 3.84. The molecule has 0 aromatic heterocycles. The highest BCUT2D eigenvalue weighted by Gasteiger charge is 2.23. The average molecular weight is 308 g/mol. The summed E-state index contributed by atoms with van der Waals surface area (Å²) in [5.41, 5.74) is 0.537. The highest BCUT2D eigenvalue weighted by Crippen LogP contribution is 2.27. The van der Waals surface area contributed by atoms with E-state index in [0.29, 0.717) is 18.2 Å². The number of benzene rings is 1. The molecule has 0 aliphatic carbocycles. The first-order valence-electron chi connectivity index (χ1n) is 7.87. The largest absolute Gasteiger partial charge is 0.507 e. The molecule has 1 fully saturated rings. The summed E-state index contributed by atoms with van der Waals surface area (Å²) in [4.78, 5) is 16.0. The topological polar surface area (TPSA) is 43.8 Å². The number of phenols is 1. The summed E-state index contributed by atoms with van der Waals surface area (Å²) in [5, 5.41) is 10.2. The lowest BCUT2D eigenvalue weighted by atomic mass is 10.0. The molecule has 0 bridgehead atoms. The number of carbonyl (C=O) groups is 1. The summed E-state index contributed by atoms with van der Waals surface area (Å²) in [6.07, 6.45) is 2.14. The number of Topliss-reactive ketones (excluding diaryl/α,β-unsaturated/α-hetero) is 1. The Hall–Kier alpha value is -1.46. The number of ketones is 1. The van der Waals surface area contributed by atoms with Crippen molar-refractivity contribution < 1.29 is 14.3 Å². The van der Waals surface area contributed by atoms with Crippen LogP contribution in [-0.2, 0) is 6.54 Å². The van der Waals surface area contributed by atoms with Gasteiger partial charge < -0.3 is 10.0 Å². The Morgan fingerprint density at radius 1 is 1.41 bits per heavy atom. The highest BCUT2D eigenvalue weighted by atomic mass is 19.1. The lowest BCUT2D eigenvalue weighted by Crippen LogP contribution is -2.42. The molecule has 1 N–H and O–H groups in total. The molecule has 4 nitrogen and oxygen atoms in total. The summed E-state index contributed by atoms with van der Waals surface area (Å²) in [5.74, 6) is -0.892. The minimum Gasteiger partial charge on any atom is -0.507 e. The molecule has 1 heterocycles. The Labute approximate surface area is 131 Å². The number of rotatable bonds is 5. The van der Waals surface area contributed by atoms with E-state index in [-0.39, 0.29) is 17.1 Å². The second-order valence-corrected chi connectivity index (χ2v) is 6.10. The van der Waals surface area contributed by atoms with E-state index in [9.17, 15) is 14.3 Å². The first kappa shape index (κ1) is 16.9. The van der Waals surface area contributed by atoms with Crippen LogP contribution in [0, 0.1) is 5.82 Å². The maximum atomic E-state index is 13.7. The van der Waals surface area contributed by atoms with Crippen LogP contribution in [0.1, 0.15) is 42.6 Å². The lowest BCUT2D eigenvalue weighted by Gasteiger charge is -2.36. The average Bonchev–Trinajstić information content (AvgIpc) is 2.50. The molecule has 1 aliphatic heterocycles. The number of nitrogens with zero attached hydrogens (tertiary/aromatic N) is 2. The quantitative estimate of drug-likeness (QED) is 0.849. The minimum atomic E-state index is -0.479. The molecule has 22 heavy (non-hydrogen) atoms. The van der Waals surface area contributed by atoms with E-state index < -0.39 is 5.82 Å². The SMILES string of the molecule is CCN1CCC(N(C)Cc2cc(F)cc(C(C)=O)c2O)CC1. The molecule has 0 saturated carbocycles. The summed E-state index contributed by atoms with van der Waals surface area (Å²) >= 11 is 0. The molecule has 0 unspecified atom stereocenters. The van der Waals surface area contributed by atoms with Crippen molar-refractivity contribution in [2.24, 2.45) is 0 Å². The Balaban J connectivity index is 2.09. The zero-order valence-corrected chi connectivity index (χ0v) is 13.6. The smallest absolute Gasteiger partial charge is 0.163 e. The number of hydrogen-bond acceptors (Lipinski definition) is 4. The molecule has 2 rings (SSSR count). The third-order valence-corrected chi connectivity index (χ3v) is 4.58. The lowest BCUT2D eigenvalue weighted by molar-refractivity contribution is 0.101. The molecule has 1 saturated heterocycles. The van der Waals surface area contributed by atoms with Gasteiger partial charge in [0, 0.05) is 18.2 Å². The van der Waals surface area contributed by atoms with Crippen molar-refractivity contribution in [3.8, 4) is 5.75 Å². The minimum absolute atomic E-state index is 0.0594. The van der Waals surface area contributed by atoms with Crippen molar-refractivity contribution >= 4 is 5.78 Å². The molecular weight excluding hydrogens is 283 g/mol. The number of likely N-dealkylation sites (tertiary alicyclic amines) is 1. The van der Waals surface area contributed by atoms with E-state index in [1.807, 2.05) is 7.05 Å². The molecular formula is C17H25FN2O2. The van der Waals surface area contributed by atoms with Gasteiger partial charge in [0.25, 0.3) is 0 Å². The van der Waals surface area contributed by atoms with Gasteiger partial charge in [0.15, 0.2) is 5.78 Å². The first-order chi connectivity index (χ1) is 10.4. The van der Waals surface area contributed by atoms with Crippen LogP contribution in [0.3, 0.4) is 0 Å². The van der Waals surface area contributed by atoms with Crippen molar-refractivity contribution in [3.05, 3.63) is 29.1 Å². The van der Waals surface area contributed by atoms with E-state index in [4.69, 9.17) is 0 Å². The molecule has 0 amide bonds. The predicted molar refractivity (Wildman–Crippen MR) is 84.7 cm³/mol. The third-order valence-electron chi connectivity index (χ3n) is 4.58. The van der Waals surface area contributed by atoms with Gasteiger partial charge in [-0.3, -0.25) is 9.69 Å². The van der Waals surface area contributed by atoms with E-state index in [0.717, 1.165) is 38.5 Å². The van der Waals surface area contributed by atoms with Crippen LogP contribution >= 0.6 is 0 Å². The molecule has 0 radical (unpaired) electrons. The van der Waals surface area contributed by atoms with Crippen LogP contribution in [0.5, 0.6) is 5.75 Å². The van der Waals surface area contributed by atoms with E-state index in [1.165, 1.54) is 13.0 Å². The molecule has 1 aromatic carbocycles. The van der Waals surface area contributed by atoms with E-state index in [2.05, 4.69) is 16.7 Å². The zero-order valence-electron chi connectivity index (χ0n) is 13.6. The maximum Gasteiger partial charge on any atom is 0.163 e. The van der Waals surface area contributed by atoms with Gasteiger partial charge >= 0.3 is 0 Å². The van der Waals surface area contributed by atoms with Gasteiger partial charge in [-0.1, -0.05) is 6.92 Å². The monoisotopic (exact) mass is 308 g/mol. The summed E-state index contributed by atoms with van der Waals surface area (Å²) in [6.45, 7) is 7.16. The van der Waals surface area contributed by atoms with Gasteiger partial charge in [-0.2, -0.15) is 0 Å². The second-order valence-electron chi connectivity index (χ2n) is 6.10. The summed E-state index contributed by atoms with van der Waals surface area (Å²) in [6, 6.07) is 2.84. The number of phenolic OH excluding ortho intramolecular Hbond substituents is 1. The second kappa shape index (κ2) is 7.20. The molecule has 1 aromatic rings. The zero-order chi connectivity index (χ0) is 16.3. The fourth-order valence-corrected chi connectivity index (χ4v) is 3.12. The number of hydrogen-bond donors (Lipinski definition) is 1. The standard InChI is InChI=1S/C17H25FN2O2/c1-4-20-7-5-15(6-8-20)19(3)11-13-9-14(18)10-16(12(2)21)17(13)22/h9-10,15,22H,4-8,11H2,1-3H3. The van der Waals surface area contributed by atoms with Crippen LogP contribution in [-0.4, -0.2) is 53.4 Å². The molecule has 0 atom stereocenters. The normalized spacial score (nSPS) is 17.1. The molecule has 0 spiro atoms. The Bertz CT molecular complexity index is 540. The van der Waals surface area contributed by atoms with Crippen molar-refractivity contribution in [2.75, 3.05) is 26.7 Å². The first-order valence-corrected chi connectivity index (χ1v) is 7.87. The number of carbonyl (C=O) groups excluding carboxylic acids is 1.